The predicted octanol–water partition coefficient (Wildman–Crippen LogP) is 2.51. The fraction of sp³-hybridized carbons (Fsp3) is 0.176. The lowest BCUT2D eigenvalue weighted by Gasteiger charge is -2.10. The van der Waals surface area contributed by atoms with Gasteiger partial charge in [0.15, 0.2) is 11.5 Å². The van der Waals surface area contributed by atoms with E-state index in [1.807, 2.05) is 6.07 Å². The first-order valence-corrected chi connectivity index (χ1v) is 6.67. The Morgan fingerprint density at radius 1 is 1.14 bits per heavy atom. The topological polar surface area (TPSA) is 71.3 Å². The molecule has 5 nitrogen and oxygen atoms in total. The van der Waals surface area contributed by atoms with Gasteiger partial charge in [0.1, 0.15) is 0 Å². The molecule has 0 saturated heterocycles. The number of hydrogen-bond donors (Lipinski definition) is 1. The third kappa shape index (κ3) is 3.55. The van der Waals surface area contributed by atoms with E-state index in [0.29, 0.717) is 29.2 Å². The predicted molar refractivity (Wildman–Crippen MR) is 81.9 cm³/mol. The van der Waals surface area contributed by atoms with E-state index in [0.717, 1.165) is 5.56 Å². The molecule has 2 aromatic carbocycles. The molecule has 0 aliphatic carbocycles. The van der Waals surface area contributed by atoms with E-state index in [4.69, 9.17) is 14.7 Å². The summed E-state index contributed by atoms with van der Waals surface area (Å²) in [5.41, 5.74) is 1.92. The summed E-state index contributed by atoms with van der Waals surface area (Å²) in [6.45, 7) is 0.350. The van der Waals surface area contributed by atoms with E-state index < -0.39 is 0 Å². The summed E-state index contributed by atoms with van der Waals surface area (Å²) < 4.78 is 10.3. The van der Waals surface area contributed by atoms with Crippen LogP contribution >= 0.6 is 0 Å². The monoisotopic (exact) mass is 296 g/mol. The molecule has 0 fully saturated rings. The number of carbonyl (C=O) groups excluding carboxylic acids is 1. The second kappa shape index (κ2) is 7.14. The van der Waals surface area contributed by atoms with Gasteiger partial charge in [-0.2, -0.15) is 5.26 Å². The number of amides is 1. The van der Waals surface area contributed by atoms with Crippen molar-refractivity contribution < 1.29 is 14.3 Å². The maximum Gasteiger partial charge on any atom is 0.251 e. The second-order valence-electron chi connectivity index (χ2n) is 4.56. The zero-order chi connectivity index (χ0) is 15.9. The number of nitrogens with one attached hydrogen (secondary N) is 1. The number of hydrogen-bond acceptors (Lipinski definition) is 4. The largest absolute Gasteiger partial charge is 0.493 e. The van der Waals surface area contributed by atoms with Crippen LogP contribution in [0.3, 0.4) is 0 Å². The molecule has 22 heavy (non-hydrogen) atoms. The lowest BCUT2D eigenvalue weighted by atomic mass is 10.1. The van der Waals surface area contributed by atoms with E-state index in [-0.39, 0.29) is 5.91 Å². The molecule has 0 heterocycles. The Labute approximate surface area is 129 Å². The Kier molecular flexibility index (Phi) is 4.99. The fourth-order valence-electron chi connectivity index (χ4n) is 2.01. The average Bonchev–Trinajstić information content (AvgIpc) is 2.59. The van der Waals surface area contributed by atoms with Crippen molar-refractivity contribution in [2.75, 3.05) is 14.2 Å². The molecule has 0 radical (unpaired) electrons. The average molecular weight is 296 g/mol. The first kappa shape index (κ1) is 15.4. The Morgan fingerprint density at radius 3 is 2.59 bits per heavy atom. The molecular formula is C17H16N2O3. The molecule has 0 bridgehead atoms. The molecule has 0 saturated carbocycles. The Hall–Kier alpha value is -3.00. The highest BCUT2D eigenvalue weighted by Gasteiger charge is 2.10. The van der Waals surface area contributed by atoms with Gasteiger partial charge in [0.05, 0.1) is 25.9 Å². The van der Waals surface area contributed by atoms with Gasteiger partial charge in [-0.25, -0.2) is 0 Å². The molecule has 2 aromatic rings. The highest BCUT2D eigenvalue weighted by molar-refractivity contribution is 5.94. The standard InChI is InChI=1S/C17H16N2O3/c1-21-15-7-6-14(9-16(15)22-2)17(20)19-11-13-5-3-4-12(8-13)10-18/h3-9H,11H2,1-2H3,(H,19,20). The third-order valence-corrected chi connectivity index (χ3v) is 3.15. The van der Waals surface area contributed by atoms with Gasteiger partial charge in [0.2, 0.25) is 0 Å². The Bertz CT molecular complexity index is 720. The number of carbonyl (C=O) groups is 1. The number of nitriles is 1. The van der Waals surface area contributed by atoms with Crippen molar-refractivity contribution in [2.24, 2.45) is 0 Å². The summed E-state index contributed by atoms with van der Waals surface area (Å²) in [6, 6.07) is 14.2. The molecule has 0 aliphatic rings. The minimum Gasteiger partial charge on any atom is -0.493 e. The van der Waals surface area contributed by atoms with Crippen LogP contribution < -0.4 is 14.8 Å². The van der Waals surface area contributed by atoms with Crippen LogP contribution in [0, 0.1) is 11.3 Å². The molecule has 2 rings (SSSR count). The van der Waals surface area contributed by atoms with Crippen LogP contribution in [-0.2, 0) is 6.54 Å². The molecule has 0 aromatic heterocycles. The van der Waals surface area contributed by atoms with Crippen LogP contribution in [0.15, 0.2) is 42.5 Å². The number of methoxy groups -OCH3 is 2. The second-order valence-corrected chi connectivity index (χ2v) is 4.56. The van der Waals surface area contributed by atoms with Gasteiger partial charge in [0.25, 0.3) is 5.91 Å². The lowest BCUT2D eigenvalue weighted by molar-refractivity contribution is 0.0950. The molecule has 0 spiro atoms. The van der Waals surface area contributed by atoms with E-state index >= 15 is 0 Å². The van der Waals surface area contributed by atoms with E-state index in [9.17, 15) is 4.79 Å². The number of ether oxygens (including phenoxy) is 2. The maximum atomic E-state index is 12.2. The summed E-state index contributed by atoms with van der Waals surface area (Å²) in [4.78, 5) is 12.2. The van der Waals surface area contributed by atoms with Crippen LogP contribution in [0.1, 0.15) is 21.5 Å². The molecule has 5 heteroatoms. The Balaban J connectivity index is 2.07. The smallest absolute Gasteiger partial charge is 0.251 e. The SMILES string of the molecule is COc1ccc(C(=O)NCc2cccc(C#N)c2)cc1OC. The van der Waals surface area contributed by atoms with E-state index in [1.54, 1.807) is 43.5 Å². The molecule has 0 unspecified atom stereocenters. The Morgan fingerprint density at radius 2 is 1.91 bits per heavy atom. The first-order chi connectivity index (χ1) is 10.7. The zero-order valence-electron chi connectivity index (χ0n) is 12.4. The normalized spacial score (nSPS) is 9.68. The van der Waals surface area contributed by atoms with Crippen molar-refractivity contribution >= 4 is 5.91 Å². The van der Waals surface area contributed by atoms with Gasteiger partial charge in [-0.1, -0.05) is 12.1 Å². The first-order valence-electron chi connectivity index (χ1n) is 6.67. The summed E-state index contributed by atoms with van der Waals surface area (Å²) >= 11 is 0. The summed E-state index contributed by atoms with van der Waals surface area (Å²) in [7, 11) is 3.06. The fourth-order valence-corrected chi connectivity index (χ4v) is 2.01. The highest BCUT2D eigenvalue weighted by atomic mass is 16.5. The summed E-state index contributed by atoms with van der Waals surface area (Å²) in [5.74, 6) is 0.853. The van der Waals surface area contributed by atoms with Crippen LogP contribution in [0.4, 0.5) is 0 Å². The number of rotatable bonds is 5. The van der Waals surface area contributed by atoms with Crippen molar-refractivity contribution in [1.82, 2.24) is 5.32 Å². The maximum absolute atomic E-state index is 12.2. The summed E-state index contributed by atoms with van der Waals surface area (Å²) in [5, 5.41) is 11.7. The van der Waals surface area contributed by atoms with Crippen LogP contribution in [-0.4, -0.2) is 20.1 Å². The van der Waals surface area contributed by atoms with Crippen molar-refractivity contribution in [3.8, 4) is 17.6 Å². The van der Waals surface area contributed by atoms with E-state index in [1.165, 1.54) is 7.11 Å². The molecule has 1 amide bonds. The number of nitrogens with zero attached hydrogens (tertiary/aromatic N) is 1. The third-order valence-electron chi connectivity index (χ3n) is 3.15. The molecule has 0 atom stereocenters. The quantitative estimate of drug-likeness (QED) is 0.920. The van der Waals surface area contributed by atoms with Gasteiger partial charge >= 0.3 is 0 Å². The zero-order valence-corrected chi connectivity index (χ0v) is 12.4. The molecule has 0 aliphatic heterocycles. The van der Waals surface area contributed by atoms with Gasteiger partial charge in [-0.3, -0.25) is 4.79 Å². The van der Waals surface area contributed by atoms with Crippen molar-refractivity contribution in [3.05, 3.63) is 59.2 Å². The van der Waals surface area contributed by atoms with Crippen LogP contribution in [0.5, 0.6) is 11.5 Å². The van der Waals surface area contributed by atoms with Crippen molar-refractivity contribution in [3.63, 3.8) is 0 Å². The minimum absolute atomic E-state index is 0.219. The van der Waals surface area contributed by atoms with Crippen LogP contribution in [0.25, 0.3) is 0 Å². The van der Waals surface area contributed by atoms with Gasteiger partial charge in [0, 0.05) is 12.1 Å². The van der Waals surface area contributed by atoms with Gasteiger partial charge in [-0.05, 0) is 35.9 Å². The summed E-state index contributed by atoms with van der Waals surface area (Å²) in [6.07, 6.45) is 0. The van der Waals surface area contributed by atoms with Crippen molar-refractivity contribution in [1.29, 1.82) is 5.26 Å². The highest BCUT2D eigenvalue weighted by Crippen LogP contribution is 2.27. The van der Waals surface area contributed by atoms with E-state index in [2.05, 4.69) is 11.4 Å². The lowest BCUT2D eigenvalue weighted by Crippen LogP contribution is -2.22. The van der Waals surface area contributed by atoms with Crippen molar-refractivity contribution in [2.45, 2.75) is 6.54 Å². The van der Waals surface area contributed by atoms with Gasteiger partial charge < -0.3 is 14.8 Å². The van der Waals surface area contributed by atoms with Gasteiger partial charge in [-0.15, -0.1) is 0 Å². The molecule has 112 valence electrons. The minimum atomic E-state index is -0.219. The van der Waals surface area contributed by atoms with Crippen LogP contribution in [0.2, 0.25) is 0 Å². The number of benzene rings is 2. The molecular weight excluding hydrogens is 280 g/mol. The molecule has 1 N–H and O–H groups in total.